The Morgan fingerprint density at radius 2 is 0.570 bits per heavy atom. The molecule has 8 heteroatoms. The van der Waals surface area contributed by atoms with E-state index in [0.29, 0.717) is 5.82 Å². The fraction of sp³-hybridized carbons (Fsp3) is 0. The van der Waals surface area contributed by atoms with Crippen molar-refractivity contribution in [2.45, 2.75) is 0 Å². The summed E-state index contributed by atoms with van der Waals surface area (Å²) in [5, 5.41) is 32.2. The van der Waals surface area contributed by atoms with Crippen molar-refractivity contribution in [1.82, 2.24) is 32.7 Å². The highest BCUT2D eigenvalue weighted by Gasteiger charge is 2.26. The molecule has 7 nitrogen and oxygen atoms in total. The van der Waals surface area contributed by atoms with E-state index in [2.05, 4.69) is 336 Å². The quantitative estimate of drug-likeness (QED) is 0.173. The Morgan fingerprint density at radius 3 is 1.03 bits per heavy atom. The SMILES string of the molecule is Clc1cc2c3cc4ccccc4cc3n3c4cc5ccc(-c6cccc7cc8c(cc67)c6cc(-c7ccc(-n9c%10ccccc%10c%10ccccc%109)cc7)cc7c9cc%10c(-c%11ccc%12cc%13c(cc%12c%11)c%11cc(-c%12ncncn%12)cc%12c%14cc%15ccccc%15cc%14n%13c%12%11)cccc%10cc9n8c67)cc5cc4c(c1)c23. The number of hydrogen-bond donors (Lipinski definition) is 0. The third-order valence-electron chi connectivity index (χ3n) is 24.2. The van der Waals surface area contributed by atoms with Gasteiger partial charge >= 0.3 is 0 Å². The van der Waals surface area contributed by atoms with Crippen LogP contribution in [0, 0.1) is 0 Å². The van der Waals surface area contributed by atoms with Crippen LogP contribution in [-0.2, 0) is 0 Å². The van der Waals surface area contributed by atoms with Gasteiger partial charge in [0.1, 0.15) is 12.7 Å². The van der Waals surface area contributed by atoms with Gasteiger partial charge in [0.2, 0.25) is 0 Å². The minimum atomic E-state index is 0.659. The van der Waals surface area contributed by atoms with Gasteiger partial charge in [0.15, 0.2) is 5.82 Å². The van der Waals surface area contributed by atoms with Crippen molar-refractivity contribution in [3.8, 4) is 50.5 Å². The van der Waals surface area contributed by atoms with Gasteiger partial charge in [-0.2, -0.15) is 0 Å². The molecule has 0 aliphatic rings. The lowest BCUT2D eigenvalue weighted by Crippen LogP contribution is -1.93. The minimum Gasteiger partial charge on any atom is -0.309 e. The van der Waals surface area contributed by atoms with Gasteiger partial charge in [0.25, 0.3) is 0 Å². The molecule has 8 aromatic heterocycles. The molecule has 26 aromatic rings. The second-order valence-electron chi connectivity index (χ2n) is 29.7. The van der Waals surface area contributed by atoms with Crippen LogP contribution in [0.25, 0.3) is 251 Å². The summed E-state index contributed by atoms with van der Waals surface area (Å²) < 4.78 is 9.93. The van der Waals surface area contributed by atoms with E-state index in [0.717, 1.165) is 21.8 Å². The first kappa shape index (κ1) is 56.5. The molecule has 107 heavy (non-hydrogen) atoms. The van der Waals surface area contributed by atoms with Crippen molar-refractivity contribution >= 4 is 212 Å². The van der Waals surface area contributed by atoms with Crippen LogP contribution in [0.3, 0.4) is 0 Å². The second kappa shape index (κ2) is 20.3. The summed E-state index contributed by atoms with van der Waals surface area (Å²) in [5.74, 6) is 0.659. The van der Waals surface area contributed by atoms with Crippen LogP contribution in [0.1, 0.15) is 0 Å². The van der Waals surface area contributed by atoms with Crippen molar-refractivity contribution in [2.24, 2.45) is 0 Å². The zero-order valence-electron chi connectivity index (χ0n) is 57.0. The van der Waals surface area contributed by atoms with Crippen LogP contribution in [0.2, 0.25) is 5.02 Å². The molecule has 0 aliphatic heterocycles. The summed E-state index contributed by atoms with van der Waals surface area (Å²) in [6.07, 6.45) is 3.17. The van der Waals surface area contributed by atoms with Crippen molar-refractivity contribution < 1.29 is 0 Å². The second-order valence-corrected chi connectivity index (χ2v) is 30.1. The molecular weight excluding hydrogens is 1320 g/mol. The normalized spacial score (nSPS) is 12.7. The molecule has 0 saturated carbocycles. The minimum absolute atomic E-state index is 0.659. The van der Waals surface area contributed by atoms with Gasteiger partial charge in [0, 0.05) is 91.7 Å². The predicted molar refractivity (Wildman–Crippen MR) is 450 cm³/mol. The molecule has 18 aromatic carbocycles. The lowest BCUT2D eigenvalue weighted by molar-refractivity contribution is 1.06. The average molecular weight is 1380 g/mol. The molecule has 8 heterocycles. The lowest BCUT2D eigenvalue weighted by Gasteiger charge is -2.12. The average Bonchev–Trinajstić information content (AvgIpc) is 1.54. The summed E-state index contributed by atoms with van der Waals surface area (Å²) in [6, 6.07) is 115. The van der Waals surface area contributed by atoms with Gasteiger partial charge in [0.05, 0.1) is 60.7 Å². The first-order valence-electron chi connectivity index (χ1n) is 36.6. The maximum absolute atomic E-state index is 7.07. The third kappa shape index (κ3) is 7.56. The van der Waals surface area contributed by atoms with Crippen LogP contribution in [0.4, 0.5) is 0 Å². The lowest BCUT2D eigenvalue weighted by atomic mass is 9.93. The molecule has 0 spiro atoms. The molecule has 26 rings (SSSR count). The van der Waals surface area contributed by atoms with E-state index in [1.165, 1.54) is 229 Å². The number of benzene rings is 18. The number of para-hydroxylation sites is 2. The Labute approximate surface area is 612 Å². The van der Waals surface area contributed by atoms with Gasteiger partial charge in [-0.05, 0) is 244 Å². The van der Waals surface area contributed by atoms with Crippen LogP contribution < -0.4 is 0 Å². The monoisotopic (exact) mass is 1370 g/mol. The summed E-state index contributed by atoms with van der Waals surface area (Å²) in [7, 11) is 0. The topological polar surface area (TPSA) is 56.8 Å². The molecule has 0 atom stereocenters. The highest BCUT2D eigenvalue weighted by atomic mass is 35.5. The molecule has 0 aliphatic carbocycles. The number of hydrogen-bond acceptors (Lipinski definition) is 3. The Bertz CT molecular complexity index is 8460. The van der Waals surface area contributed by atoms with Gasteiger partial charge < -0.3 is 17.8 Å². The Morgan fingerprint density at radius 1 is 0.215 bits per heavy atom. The number of halogens is 1. The molecule has 0 bridgehead atoms. The molecule has 0 radical (unpaired) electrons. The molecule has 0 unspecified atom stereocenters. The van der Waals surface area contributed by atoms with Crippen LogP contribution in [0.5, 0.6) is 0 Å². The van der Waals surface area contributed by atoms with Crippen LogP contribution in [0.15, 0.2) is 316 Å². The summed E-state index contributed by atoms with van der Waals surface area (Å²) >= 11 is 7.07. The zero-order chi connectivity index (χ0) is 69.3. The number of nitrogens with zero attached hydrogens (tertiary/aromatic N) is 7. The molecule has 0 amide bonds. The molecule has 0 fully saturated rings. The number of fused-ring (bicyclic) bond motifs is 27. The third-order valence-corrected chi connectivity index (χ3v) is 24.4. The van der Waals surface area contributed by atoms with Gasteiger partial charge in [-0.1, -0.05) is 169 Å². The van der Waals surface area contributed by atoms with E-state index in [4.69, 9.17) is 11.6 Å². The van der Waals surface area contributed by atoms with E-state index in [9.17, 15) is 0 Å². The maximum Gasteiger partial charge on any atom is 0.162 e. The highest BCUT2D eigenvalue weighted by molar-refractivity contribution is 6.36. The van der Waals surface area contributed by atoms with Crippen LogP contribution in [-0.4, -0.2) is 32.7 Å². The summed E-state index contributed by atoms with van der Waals surface area (Å²) in [4.78, 5) is 13.5. The Balaban J connectivity index is 0.663. The van der Waals surface area contributed by atoms with Gasteiger partial charge in [-0.25, -0.2) is 15.0 Å². The molecule has 0 N–H and O–H groups in total. The van der Waals surface area contributed by atoms with Crippen LogP contribution >= 0.6 is 11.6 Å². The largest absolute Gasteiger partial charge is 0.309 e. The standard InChI is InChI=1S/C99H52ClN7/c100-68-47-86-77-34-55-12-2-4-14-57(55)42-91(77)106-93-44-59-24-26-63(32-65(59)36-79(93)87(48-68)98(86)106)71-20-10-16-61-46-95-81(50-75(61)71)83-38-66(53-27-29-69(30-28-53)104-88-21-7-5-17-72(88)73-18-6-8-22-89(73)104)37-82-80-49-74-60(45-94(80)107(95)96(82)83)15-9-19-70(74)62-25-23-58-43-92-78(35-64(58)31-62)85-40-67(99-102-51-101-52-103-99)39-84-76-33-54-11-1-3-13-56(54)41-90(76)105(92)97(84)85/h1-52H. The highest BCUT2D eigenvalue weighted by Crippen LogP contribution is 2.50. The first-order valence-corrected chi connectivity index (χ1v) is 37.0. The van der Waals surface area contributed by atoms with E-state index in [1.54, 1.807) is 12.7 Å². The Hall–Kier alpha value is -14.0. The fourth-order valence-corrected chi connectivity index (χ4v) is 19.7. The predicted octanol–water partition coefficient (Wildman–Crippen LogP) is 26.7. The zero-order valence-corrected chi connectivity index (χ0v) is 57.8. The Kier molecular flexibility index (Phi) is 10.7. The van der Waals surface area contributed by atoms with Gasteiger partial charge in [-0.15, -0.1) is 0 Å². The fourth-order valence-electron chi connectivity index (χ4n) is 19.5. The number of rotatable bonds is 5. The van der Waals surface area contributed by atoms with E-state index in [-0.39, 0.29) is 0 Å². The van der Waals surface area contributed by atoms with Crippen molar-refractivity contribution in [3.63, 3.8) is 0 Å². The van der Waals surface area contributed by atoms with Crippen molar-refractivity contribution in [1.29, 1.82) is 0 Å². The molecule has 490 valence electrons. The summed E-state index contributed by atoms with van der Waals surface area (Å²) in [6.45, 7) is 0. The molecule has 0 saturated heterocycles. The van der Waals surface area contributed by atoms with E-state index in [1.807, 2.05) is 0 Å². The number of aromatic nitrogens is 7. The summed E-state index contributed by atoms with van der Waals surface area (Å²) in [5.41, 5.74) is 22.4. The van der Waals surface area contributed by atoms with Crippen molar-refractivity contribution in [3.05, 3.63) is 321 Å². The van der Waals surface area contributed by atoms with E-state index < -0.39 is 0 Å². The van der Waals surface area contributed by atoms with Crippen molar-refractivity contribution in [2.75, 3.05) is 0 Å². The maximum atomic E-state index is 7.07. The molecular formula is C99H52ClN7. The van der Waals surface area contributed by atoms with Gasteiger partial charge in [-0.3, -0.25) is 0 Å². The smallest absolute Gasteiger partial charge is 0.162 e. The first-order chi connectivity index (χ1) is 52.9. The van der Waals surface area contributed by atoms with E-state index >= 15 is 0 Å².